The molecule has 2 aliphatic rings. The van der Waals surface area contributed by atoms with E-state index in [2.05, 4.69) is 5.32 Å². The fraction of sp³-hybridized carbons (Fsp3) is 0.375. The van der Waals surface area contributed by atoms with E-state index in [1.165, 1.54) is 6.07 Å². The minimum Gasteiger partial charge on any atom is -0.465 e. The smallest absolute Gasteiger partial charge is 0.327 e. The second-order valence-electron chi connectivity index (χ2n) is 7.94. The molecule has 0 spiro atoms. The van der Waals surface area contributed by atoms with E-state index < -0.39 is 47.0 Å². The molecule has 31 heavy (non-hydrogen) atoms. The average molecular weight is 424 g/mol. The van der Waals surface area contributed by atoms with Gasteiger partial charge in [-0.2, -0.15) is 0 Å². The Morgan fingerprint density at radius 3 is 2.39 bits per heavy atom. The van der Waals surface area contributed by atoms with Gasteiger partial charge in [-0.1, -0.05) is 49.7 Å². The predicted octanol–water partition coefficient (Wildman–Crippen LogP) is 3.38. The number of carbonyl (C=O) groups is 3. The summed E-state index contributed by atoms with van der Waals surface area (Å²) in [5.74, 6) is -3.88. The first-order valence-electron chi connectivity index (χ1n) is 10.6. The summed E-state index contributed by atoms with van der Waals surface area (Å²) >= 11 is 0. The third kappa shape index (κ3) is 3.24. The van der Waals surface area contributed by atoms with Crippen LogP contribution >= 0.6 is 0 Å². The largest absolute Gasteiger partial charge is 0.465 e. The molecule has 2 fully saturated rings. The van der Waals surface area contributed by atoms with Crippen molar-refractivity contribution in [2.45, 2.75) is 38.3 Å². The summed E-state index contributed by atoms with van der Waals surface area (Å²) in [6.45, 7) is 3.72. The molecule has 2 aromatic rings. The molecule has 0 radical (unpaired) electrons. The van der Waals surface area contributed by atoms with Gasteiger partial charge < -0.3 is 4.74 Å². The number of rotatable bonds is 6. The zero-order chi connectivity index (χ0) is 22.2. The van der Waals surface area contributed by atoms with Crippen molar-refractivity contribution in [3.05, 3.63) is 66.0 Å². The fourth-order valence-corrected chi connectivity index (χ4v) is 5.00. The Kier molecular flexibility index (Phi) is 5.62. The molecule has 2 heterocycles. The lowest BCUT2D eigenvalue weighted by Gasteiger charge is -2.32. The van der Waals surface area contributed by atoms with E-state index in [-0.39, 0.29) is 12.2 Å². The van der Waals surface area contributed by atoms with Crippen LogP contribution in [0.2, 0.25) is 0 Å². The highest BCUT2D eigenvalue weighted by Gasteiger charge is 2.68. The number of halogens is 1. The van der Waals surface area contributed by atoms with Crippen LogP contribution in [0.1, 0.15) is 38.3 Å². The van der Waals surface area contributed by atoms with Crippen LogP contribution in [0.3, 0.4) is 0 Å². The standard InChI is InChI=1S/C24H25FN2O4/c1-3-14-24(23(30)31-4-2)19-18(20(26-24)16-12-8-9-13-17(16)25)21(28)27(22(19)29)15-10-6-5-7-11-15/h5-13,18-20,26H,3-4,14H2,1-2H3/t18-,19-,20-,24+/m0/s1. The molecule has 0 aromatic heterocycles. The van der Waals surface area contributed by atoms with Gasteiger partial charge in [0.15, 0.2) is 0 Å². The van der Waals surface area contributed by atoms with Crippen LogP contribution in [0.15, 0.2) is 54.6 Å². The van der Waals surface area contributed by atoms with E-state index in [1.54, 1.807) is 55.5 Å². The first-order valence-corrected chi connectivity index (χ1v) is 10.6. The van der Waals surface area contributed by atoms with E-state index in [1.807, 2.05) is 6.92 Å². The Bertz CT molecular complexity index is 1010. The normalized spacial score (nSPS) is 27.5. The van der Waals surface area contributed by atoms with Crippen molar-refractivity contribution >= 4 is 23.5 Å². The average Bonchev–Trinajstić information content (AvgIpc) is 3.24. The Hall–Kier alpha value is -3.06. The number of esters is 1. The van der Waals surface area contributed by atoms with Crippen molar-refractivity contribution in [1.82, 2.24) is 5.32 Å². The van der Waals surface area contributed by atoms with Crippen LogP contribution in [0.25, 0.3) is 0 Å². The summed E-state index contributed by atoms with van der Waals surface area (Å²) in [4.78, 5) is 41.5. The van der Waals surface area contributed by atoms with E-state index in [0.29, 0.717) is 18.5 Å². The first kappa shape index (κ1) is 21.2. The number of hydrogen-bond donors (Lipinski definition) is 1. The number of carbonyl (C=O) groups excluding carboxylic acids is 3. The highest BCUT2D eigenvalue weighted by Crippen LogP contribution is 2.51. The maximum atomic E-state index is 14.8. The number of amides is 2. The molecule has 6 nitrogen and oxygen atoms in total. The van der Waals surface area contributed by atoms with Gasteiger partial charge >= 0.3 is 5.97 Å². The molecule has 162 valence electrons. The van der Waals surface area contributed by atoms with Crippen LogP contribution in [-0.4, -0.2) is 29.9 Å². The van der Waals surface area contributed by atoms with E-state index >= 15 is 0 Å². The van der Waals surface area contributed by atoms with Gasteiger partial charge in [0.05, 0.1) is 24.1 Å². The molecule has 0 saturated carbocycles. The molecule has 4 rings (SSSR count). The first-order chi connectivity index (χ1) is 15.0. The van der Waals surface area contributed by atoms with Crippen molar-refractivity contribution in [2.75, 3.05) is 11.5 Å². The quantitative estimate of drug-likeness (QED) is 0.568. The lowest BCUT2D eigenvalue weighted by molar-refractivity contribution is -0.155. The molecule has 0 unspecified atom stereocenters. The zero-order valence-corrected chi connectivity index (χ0v) is 17.5. The number of ether oxygens (including phenoxy) is 1. The van der Waals surface area contributed by atoms with E-state index in [0.717, 1.165) is 4.90 Å². The van der Waals surface area contributed by atoms with Crippen LogP contribution in [0.4, 0.5) is 10.1 Å². The number of anilines is 1. The summed E-state index contributed by atoms with van der Waals surface area (Å²) < 4.78 is 20.1. The van der Waals surface area contributed by atoms with Gasteiger partial charge in [-0.3, -0.25) is 19.7 Å². The van der Waals surface area contributed by atoms with Gasteiger partial charge in [0.1, 0.15) is 11.4 Å². The molecule has 7 heteroatoms. The summed E-state index contributed by atoms with van der Waals surface area (Å²) in [5, 5.41) is 3.20. The Balaban J connectivity index is 1.88. The lowest BCUT2D eigenvalue weighted by Crippen LogP contribution is -2.56. The maximum Gasteiger partial charge on any atom is 0.327 e. The molecule has 0 bridgehead atoms. The van der Waals surface area contributed by atoms with Crippen LogP contribution in [0.5, 0.6) is 0 Å². The molecule has 4 atom stereocenters. The molecule has 1 N–H and O–H groups in total. The minimum atomic E-state index is -1.40. The molecule has 2 saturated heterocycles. The molecule has 2 aliphatic heterocycles. The monoisotopic (exact) mass is 424 g/mol. The molecular weight excluding hydrogens is 399 g/mol. The molecule has 0 aliphatic carbocycles. The summed E-state index contributed by atoms with van der Waals surface area (Å²) in [6, 6.07) is 13.9. The van der Waals surface area contributed by atoms with Crippen molar-refractivity contribution in [1.29, 1.82) is 0 Å². The van der Waals surface area contributed by atoms with Gasteiger partial charge in [-0.05, 0) is 31.5 Å². The van der Waals surface area contributed by atoms with Gasteiger partial charge in [0.25, 0.3) is 0 Å². The highest BCUT2D eigenvalue weighted by atomic mass is 19.1. The second kappa shape index (κ2) is 8.23. The van der Waals surface area contributed by atoms with Crippen LogP contribution in [0, 0.1) is 17.7 Å². The van der Waals surface area contributed by atoms with Crippen LogP contribution in [-0.2, 0) is 19.1 Å². The van der Waals surface area contributed by atoms with Crippen molar-refractivity contribution in [3.8, 4) is 0 Å². The van der Waals surface area contributed by atoms with Gasteiger partial charge in [-0.15, -0.1) is 0 Å². The Morgan fingerprint density at radius 1 is 1.06 bits per heavy atom. The van der Waals surface area contributed by atoms with Gasteiger partial charge in [-0.25, -0.2) is 9.29 Å². The van der Waals surface area contributed by atoms with E-state index in [9.17, 15) is 18.8 Å². The Morgan fingerprint density at radius 2 is 1.74 bits per heavy atom. The summed E-state index contributed by atoms with van der Waals surface area (Å²) in [6.07, 6.45) is 0.867. The number of benzene rings is 2. The van der Waals surface area contributed by atoms with Crippen molar-refractivity contribution < 1.29 is 23.5 Å². The molecular formula is C24H25FN2O4. The number of imide groups is 1. The number of nitrogens with zero attached hydrogens (tertiary/aromatic N) is 1. The Labute approximate surface area is 180 Å². The molecule has 2 amide bonds. The molecule has 2 aromatic carbocycles. The third-order valence-corrected chi connectivity index (χ3v) is 6.19. The third-order valence-electron chi connectivity index (χ3n) is 6.19. The SMILES string of the molecule is CCC[C@@]1(C(=O)OCC)N[C@@H](c2ccccc2F)[C@H]2C(=O)N(c3ccccc3)C(=O)[C@H]21. The van der Waals surface area contributed by atoms with Crippen LogP contribution < -0.4 is 10.2 Å². The van der Waals surface area contributed by atoms with Crippen molar-refractivity contribution in [3.63, 3.8) is 0 Å². The fourth-order valence-electron chi connectivity index (χ4n) is 5.00. The number of nitrogens with one attached hydrogen (secondary N) is 1. The van der Waals surface area contributed by atoms with Crippen molar-refractivity contribution in [2.24, 2.45) is 11.8 Å². The van der Waals surface area contributed by atoms with E-state index in [4.69, 9.17) is 4.74 Å². The topological polar surface area (TPSA) is 75.7 Å². The number of hydrogen-bond acceptors (Lipinski definition) is 5. The highest BCUT2D eigenvalue weighted by molar-refractivity contribution is 6.24. The van der Waals surface area contributed by atoms with Gasteiger partial charge in [0, 0.05) is 11.6 Å². The zero-order valence-electron chi connectivity index (χ0n) is 17.5. The minimum absolute atomic E-state index is 0.137. The summed E-state index contributed by atoms with van der Waals surface area (Å²) in [7, 11) is 0. The number of para-hydroxylation sites is 1. The second-order valence-corrected chi connectivity index (χ2v) is 7.94. The lowest BCUT2D eigenvalue weighted by atomic mass is 9.77. The maximum absolute atomic E-state index is 14.8. The predicted molar refractivity (Wildman–Crippen MR) is 112 cm³/mol. The summed E-state index contributed by atoms with van der Waals surface area (Å²) in [5.41, 5.74) is -0.706. The van der Waals surface area contributed by atoms with Gasteiger partial charge in [0.2, 0.25) is 11.8 Å². The number of fused-ring (bicyclic) bond motifs is 1.